The van der Waals surface area contributed by atoms with Crippen molar-refractivity contribution in [1.82, 2.24) is 0 Å². The van der Waals surface area contributed by atoms with Gasteiger partial charge in [0.25, 0.3) is 0 Å². The average Bonchev–Trinajstić information content (AvgIpc) is 3.37. The quantitative estimate of drug-likeness (QED) is 0.859. The summed E-state index contributed by atoms with van der Waals surface area (Å²) in [5.74, 6) is 0.0246. The van der Waals surface area contributed by atoms with Crippen molar-refractivity contribution in [2.24, 2.45) is 5.92 Å². The molecule has 118 valence electrons. The molecule has 0 spiro atoms. The summed E-state index contributed by atoms with van der Waals surface area (Å²) in [6, 6.07) is 16.9. The standard InChI is InChI=1S/C19H19NO3/c1-2-23-19(22)14-8-10-15(11-9-14)20-18(21)17-12-16(17)13-6-4-3-5-7-13/h3-11,16-17H,2,12H2,1H3,(H,20,21)/t16-,17+/m1/s1. The molecular formula is C19H19NO3. The van der Waals surface area contributed by atoms with Crippen LogP contribution >= 0.6 is 0 Å². The Bertz CT molecular complexity index is 694. The minimum Gasteiger partial charge on any atom is -0.462 e. The van der Waals surface area contributed by atoms with E-state index in [-0.39, 0.29) is 17.8 Å². The van der Waals surface area contributed by atoms with Crippen LogP contribution in [-0.2, 0) is 9.53 Å². The van der Waals surface area contributed by atoms with E-state index >= 15 is 0 Å². The summed E-state index contributed by atoms with van der Waals surface area (Å²) in [4.78, 5) is 23.9. The Labute approximate surface area is 135 Å². The molecule has 0 unspecified atom stereocenters. The molecular weight excluding hydrogens is 290 g/mol. The van der Waals surface area contributed by atoms with E-state index < -0.39 is 0 Å². The largest absolute Gasteiger partial charge is 0.462 e. The summed E-state index contributed by atoms with van der Waals surface area (Å²) in [5.41, 5.74) is 2.39. The van der Waals surface area contributed by atoms with E-state index in [2.05, 4.69) is 17.4 Å². The third-order valence-corrected chi connectivity index (χ3v) is 4.02. The lowest BCUT2D eigenvalue weighted by Crippen LogP contribution is -2.14. The van der Waals surface area contributed by atoms with Gasteiger partial charge in [0.15, 0.2) is 0 Å². The van der Waals surface area contributed by atoms with Gasteiger partial charge in [0.05, 0.1) is 12.2 Å². The van der Waals surface area contributed by atoms with Gasteiger partial charge in [-0.25, -0.2) is 4.79 Å². The van der Waals surface area contributed by atoms with Gasteiger partial charge in [-0.1, -0.05) is 30.3 Å². The molecule has 1 aliphatic carbocycles. The lowest BCUT2D eigenvalue weighted by atomic mass is 10.1. The van der Waals surface area contributed by atoms with Crippen LogP contribution in [0.2, 0.25) is 0 Å². The number of anilines is 1. The third kappa shape index (κ3) is 3.59. The molecule has 0 aliphatic heterocycles. The highest BCUT2D eigenvalue weighted by molar-refractivity contribution is 5.96. The maximum Gasteiger partial charge on any atom is 0.338 e. The third-order valence-electron chi connectivity index (χ3n) is 4.02. The van der Waals surface area contributed by atoms with Crippen molar-refractivity contribution < 1.29 is 14.3 Å². The molecule has 0 heterocycles. The van der Waals surface area contributed by atoms with Crippen LogP contribution in [0.25, 0.3) is 0 Å². The van der Waals surface area contributed by atoms with Crippen molar-refractivity contribution >= 4 is 17.6 Å². The van der Waals surface area contributed by atoms with Crippen LogP contribution in [0.3, 0.4) is 0 Å². The molecule has 0 bridgehead atoms. The van der Waals surface area contributed by atoms with Crippen LogP contribution in [0, 0.1) is 5.92 Å². The van der Waals surface area contributed by atoms with E-state index in [4.69, 9.17) is 4.74 Å². The Kier molecular flexibility index (Phi) is 4.42. The Morgan fingerprint density at radius 3 is 2.43 bits per heavy atom. The number of hydrogen-bond donors (Lipinski definition) is 1. The average molecular weight is 309 g/mol. The van der Waals surface area contributed by atoms with Gasteiger partial charge in [0, 0.05) is 11.6 Å². The Balaban J connectivity index is 1.58. The summed E-state index contributed by atoms with van der Waals surface area (Å²) in [6.07, 6.45) is 0.886. The van der Waals surface area contributed by atoms with E-state index in [0.29, 0.717) is 23.8 Å². The number of ether oxygens (including phenoxy) is 1. The first-order chi connectivity index (χ1) is 11.2. The second-order valence-electron chi connectivity index (χ2n) is 5.65. The molecule has 2 atom stereocenters. The molecule has 1 amide bonds. The minimum atomic E-state index is -0.350. The topological polar surface area (TPSA) is 55.4 Å². The summed E-state index contributed by atoms with van der Waals surface area (Å²) in [6.45, 7) is 2.12. The van der Waals surface area contributed by atoms with Crippen molar-refractivity contribution in [3.8, 4) is 0 Å². The van der Waals surface area contributed by atoms with E-state index in [1.807, 2.05) is 18.2 Å². The first-order valence-corrected chi connectivity index (χ1v) is 7.82. The van der Waals surface area contributed by atoms with Crippen LogP contribution in [-0.4, -0.2) is 18.5 Å². The van der Waals surface area contributed by atoms with Gasteiger partial charge in [-0.3, -0.25) is 4.79 Å². The van der Waals surface area contributed by atoms with Crippen molar-refractivity contribution in [3.05, 3.63) is 65.7 Å². The molecule has 0 saturated heterocycles. The van der Waals surface area contributed by atoms with Crippen LogP contribution in [0.1, 0.15) is 35.2 Å². The van der Waals surface area contributed by atoms with Gasteiger partial charge in [0.1, 0.15) is 0 Å². The van der Waals surface area contributed by atoms with Crippen molar-refractivity contribution in [1.29, 1.82) is 0 Å². The van der Waals surface area contributed by atoms with Gasteiger partial charge >= 0.3 is 5.97 Å². The summed E-state index contributed by atoms with van der Waals surface area (Å²) < 4.78 is 4.93. The number of amides is 1. The minimum absolute atomic E-state index is 0.0298. The predicted molar refractivity (Wildman–Crippen MR) is 88.3 cm³/mol. The maximum atomic E-state index is 12.3. The van der Waals surface area contributed by atoms with E-state index in [0.717, 1.165) is 6.42 Å². The van der Waals surface area contributed by atoms with Gasteiger partial charge in [0.2, 0.25) is 5.91 Å². The summed E-state index contributed by atoms with van der Waals surface area (Å²) >= 11 is 0. The van der Waals surface area contributed by atoms with Crippen LogP contribution in [0.5, 0.6) is 0 Å². The SMILES string of the molecule is CCOC(=O)c1ccc(NC(=O)[C@H]2C[C@@H]2c2ccccc2)cc1. The van der Waals surface area contributed by atoms with Crippen LogP contribution in [0.15, 0.2) is 54.6 Å². The Morgan fingerprint density at radius 1 is 1.09 bits per heavy atom. The summed E-state index contributed by atoms with van der Waals surface area (Å²) in [5, 5.41) is 2.91. The molecule has 1 N–H and O–H groups in total. The monoisotopic (exact) mass is 309 g/mol. The Hall–Kier alpha value is -2.62. The first kappa shape index (κ1) is 15.3. The first-order valence-electron chi connectivity index (χ1n) is 7.82. The molecule has 0 aromatic heterocycles. The molecule has 4 heteroatoms. The smallest absolute Gasteiger partial charge is 0.338 e. The zero-order chi connectivity index (χ0) is 16.2. The second kappa shape index (κ2) is 6.65. The summed E-state index contributed by atoms with van der Waals surface area (Å²) in [7, 11) is 0. The van der Waals surface area contributed by atoms with Crippen molar-refractivity contribution in [2.75, 3.05) is 11.9 Å². The zero-order valence-electron chi connectivity index (χ0n) is 13.0. The fourth-order valence-electron chi connectivity index (χ4n) is 2.69. The molecule has 0 radical (unpaired) electrons. The molecule has 1 fully saturated rings. The highest BCUT2D eigenvalue weighted by atomic mass is 16.5. The fourth-order valence-corrected chi connectivity index (χ4v) is 2.69. The number of nitrogens with one attached hydrogen (secondary N) is 1. The normalized spacial score (nSPS) is 19.0. The highest BCUT2D eigenvalue weighted by Crippen LogP contribution is 2.47. The van der Waals surface area contributed by atoms with E-state index in [1.54, 1.807) is 31.2 Å². The zero-order valence-corrected chi connectivity index (χ0v) is 13.0. The van der Waals surface area contributed by atoms with Gasteiger partial charge in [-0.05, 0) is 49.1 Å². The number of hydrogen-bond acceptors (Lipinski definition) is 3. The number of carbonyl (C=O) groups excluding carboxylic acids is 2. The number of benzene rings is 2. The van der Waals surface area contributed by atoms with E-state index in [9.17, 15) is 9.59 Å². The molecule has 2 aromatic carbocycles. The highest BCUT2D eigenvalue weighted by Gasteiger charge is 2.43. The van der Waals surface area contributed by atoms with Crippen molar-refractivity contribution in [3.63, 3.8) is 0 Å². The van der Waals surface area contributed by atoms with Crippen LogP contribution < -0.4 is 5.32 Å². The van der Waals surface area contributed by atoms with Crippen molar-refractivity contribution in [2.45, 2.75) is 19.3 Å². The second-order valence-corrected chi connectivity index (χ2v) is 5.65. The van der Waals surface area contributed by atoms with Gasteiger partial charge in [-0.2, -0.15) is 0 Å². The number of esters is 1. The number of rotatable bonds is 5. The van der Waals surface area contributed by atoms with E-state index in [1.165, 1.54) is 5.56 Å². The molecule has 2 aromatic rings. The fraction of sp³-hybridized carbons (Fsp3) is 0.263. The molecule has 23 heavy (non-hydrogen) atoms. The molecule has 4 nitrogen and oxygen atoms in total. The number of carbonyl (C=O) groups is 2. The molecule has 1 saturated carbocycles. The van der Waals surface area contributed by atoms with Gasteiger partial charge in [-0.15, -0.1) is 0 Å². The van der Waals surface area contributed by atoms with Crippen LogP contribution in [0.4, 0.5) is 5.69 Å². The lowest BCUT2D eigenvalue weighted by molar-refractivity contribution is -0.117. The Morgan fingerprint density at radius 2 is 1.78 bits per heavy atom. The maximum absolute atomic E-state index is 12.3. The lowest BCUT2D eigenvalue weighted by Gasteiger charge is -2.06. The molecule has 3 rings (SSSR count). The molecule has 1 aliphatic rings. The van der Waals surface area contributed by atoms with Gasteiger partial charge < -0.3 is 10.1 Å². The predicted octanol–water partition coefficient (Wildman–Crippen LogP) is 3.61.